The Balaban J connectivity index is 1.59. The lowest BCUT2D eigenvalue weighted by atomic mass is 9.86. The van der Waals surface area contributed by atoms with Crippen molar-refractivity contribution in [2.45, 2.75) is 37.8 Å². The van der Waals surface area contributed by atoms with E-state index in [2.05, 4.69) is 77.8 Å². The van der Waals surface area contributed by atoms with Crippen LogP contribution in [0.25, 0.3) is 0 Å². The van der Waals surface area contributed by atoms with E-state index in [1.807, 2.05) is 0 Å². The van der Waals surface area contributed by atoms with Gasteiger partial charge in [-0.2, -0.15) is 0 Å². The number of nitrogens with zero attached hydrogens (tertiary/aromatic N) is 1. The van der Waals surface area contributed by atoms with Gasteiger partial charge in [-0.25, -0.2) is 0 Å². The van der Waals surface area contributed by atoms with Crippen molar-refractivity contribution in [1.29, 1.82) is 0 Å². The van der Waals surface area contributed by atoms with Gasteiger partial charge in [-0.05, 0) is 43.9 Å². The largest absolute Gasteiger partial charge is 0.382 e. The minimum atomic E-state index is 0.0407. The molecule has 3 heteroatoms. The van der Waals surface area contributed by atoms with E-state index in [1.165, 1.54) is 11.3 Å². The van der Waals surface area contributed by atoms with Crippen molar-refractivity contribution in [3.63, 3.8) is 0 Å². The molecule has 0 amide bonds. The third kappa shape index (κ3) is 4.83. The first-order valence-electron chi connectivity index (χ1n) is 9.31. The van der Waals surface area contributed by atoms with Gasteiger partial charge in [-0.1, -0.05) is 48.5 Å². The highest BCUT2D eigenvalue weighted by molar-refractivity contribution is 5.45. The molecule has 0 saturated carbocycles. The van der Waals surface area contributed by atoms with E-state index < -0.39 is 0 Å². The predicted molar refractivity (Wildman–Crippen MR) is 105 cm³/mol. The third-order valence-electron chi connectivity index (χ3n) is 5.36. The Hall–Kier alpha value is -1.84. The van der Waals surface area contributed by atoms with Crippen molar-refractivity contribution in [2.75, 3.05) is 32.1 Å². The van der Waals surface area contributed by atoms with Gasteiger partial charge in [0.05, 0.1) is 12.1 Å². The highest BCUT2D eigenvalue weighted by atomic mass is 16.5. The summed E-state index contributed by atoms with van der Waals surface area (Å²) in [5, 5.41) is 3.75. The van der Waals surface area contributed by atoms with Gasteiger partial charge < -0.3 is 15.0 Å². The van der Waals surface area contributed by atoms with E-state index in [0.717, 1.165) is 39.0 Å². The number of anilines is 1. The fourth-order valence-electron chi connectivity index (χ4n) is 3.89. The smallest absolute Gasteiger partial charge is 0.0693 e. The van der Waals surface area contributed by atoms with Crippen molar-refractivity contribution < 1.29 is 4.74 Å². The standard InChI is InChI=1S/C22H30N2O/c1-19(17-20-9-5-3-6-10-20)24-15-13-22(14-16-24,18-25-2)23-21-11-7-4-8-12-21/h3-12,19,23H,13-18H2,1-2H3. The zero-order valence-electron chi connectivity index (χ0n) is 15.4. The number of hydrogen-bond donors (Lipinski definition) is 1. The molecule has 1 N–H and O–H groups in total. The summed E-state index contributed by atoms with van der Waals surface area (Å²) in [6.07, 6.45) is 3.33. The van der Waals surface area contributed by atoms with E-state index in [0.29, 0.717) is 6.04 Å². The van der Waals surface area contributed by atoms with Crippen molar-refractivity contribution >= 4 is 5.69 Å². The van der Waals surface area contributed by atoms with Crippen LogP contribution in [0.15, 0.2) is 60.7 Å². The number of benzene rings is 2. The topological polar surface area (TPSA) is 24.5 Å². The second-order valence-electron chi connectivity index (χ2n) is 7.28. The second kappa shape index (κ2) is 8.50. The van der Waals surface area contributed by atoms with Crippen molar-refractivity contribution in [3.05, 3.63) is 66.2 Å². The summed E-state index contributed by atoms with van der Waals surface area (Å²) in [6, 6.07) is 21.9. The molecule has 2 aromatic carbocycles. The lowest BCUT2D eigenvalue weighted by Crippen LogP contribution is -2.54. The van der Waals surface area contributed by atoms with Crippen molar-refractivity contribution in [1.82, 2.24) is 4.90 Å². The lowest BCUT2D eigenvalue weighted by molar-refractivity contribution is 0.0737. The number of ether oxygens (including phenoxy) is 1. The van der Waals surface area contributed by atoms with E-state index in [9.17, 15) is 0 Å². The summed E-state index contributed by atoms with van der Waals surface area (Å²) in [7, 11) is 1.80. The molecule has 3 nitrogen and oxygen atoms in total. The Labute approximate surface area is 152 Å². The van der Waals surface area contributed by atoms with Crippen LogP contribution in [0.5, 0.6) is 0 Å². The van der Waals surface area contributed by atoms with Crippen LogP contribution >= 0.6 is 0 Å². The van der Waals surface area contributed by atoms with Gasteiger partial charge in [0, 0.05) is 31.9 Å². The maximum absolute atomic E-state index is 5.57. The molecule has 1 atom stereocenters. The molecule has 1 saturated heterocycles. The summed E-state index contributed by atoms with van der Waals surface area (Å²) in [5.74, 6) is 0. The third-order valence-corrected chi connectivity index (χ3v) is 5.36. The van der Waals surface area contributed by atoms with E-state index in [4.69, 9.17) is 4.74 Å². The van der Waals surface area contributed by atoms with E-state index in [1.54, 1.807) is 7.11 Å². The molecule has 1 fully saturated rings. The first-order chi connectivity index (χ1) is 12.2. The number of nitrogens with one attached hydrogen (secondary N) is 1. The Morgan fingerprint density at radius 2 is 1.60 bits per heavy atom. The predicted octanol–water partition coefficient (Wildman–Crippen LogP) is 4.21. The SMILES string of the molecule is COCC1(Nc2ccccc2)CCN(C(C)Cc2ccccc2)CC1. The van der Waals surface area contributed by atoms with E-state index >= 15 is 0 Å². The number of likely N-dealkylation sites (tertiary alicyclic amines) is 1. The molecule has 1 unspecified atom stereocenters. The van der Waals surface area contributed by atoms with Crippen LogP contribution in [-0.4, -0.2) is 43.3 Å². The number of para-hydroxylation sites is 1. The minimum absolute atomic E-state index is 0.0407. The number of methoxy groups -OCH3 is 1. The van der Waals surface area contributed by atoms with Gasteiger partial charge in [0.2, 0.25) is 0 Å². The maximum atomic E-state index is 5.57. The summed E-state index contributed by atoms with van der Waals surface area (Å²) in [5.41, 5.74) is 2.65. The molecule has 0 radical (unpaired) electrons. The van der Waals surface area contributed by atoms with Gasteiger partial charge >= 0.3 is 0 Å². The number of piperidine rings is 1. The van der Waals surface area contributed by atoms with Crippen LogP contribution in [0.1, 0.15) is 25.3 Å². The van der Waals surface area contributed by atoms with Gasteiger partial charge in [0.15, 0.2) is 0 Å². The molecule has 134 valence electrons. The Kier molecular flexibility index (Phi) is 6.11. The molecule has 0 bridgehead atoms. The molecule has 1 aliphatic rings. The van der Waals surface area contributed by atoms with Crippen LogP contribution in [0.3, 0.4) is 0 Å². The molecular formula is C22H30N2O. The summed E-state index contributed by atoms with van der Waals surface area (Å²) < 4.78 is 5.57. The fraction of sp³-hybridized carbons (Fsp3) is 0.455. The average Bonchev–Trinajstić information content (AvgIpc) is 2.64. The zero-order valence-corrected chi connectivity index (χ0v) is 15.4. The quantitative estimate of drug-likeness (QED) is 0.818. The zero-order chi connectivity index (χ0) is 17.5. The second-order valence-corrected chi connectivity index (χ2v) is 7.28. The Morgan fingerprint density at radius 1 is 1.00 bits per heavy atom. The first kappa shape index (κ1) is 18.0. The monoisotopic (exact) mass is 338 g/mol. The highest BCUT2D eigenvalue weighted by Gasteiger charge is 2.35. The van der Waals surface area contributed by atoms with Crippen LogP contribution in [0, 0.1) is 0 Å². The Morgan fingerprint density at radius 3 is 2.20 bits per heavy atom. The maximum Gasteiger partial charge on any atom is 0.0693 e. The average molecular weight is 338 g/mol. The molecule has 0 aliphatic carbocycles. The van der Waals surface area contributed by atoms with Gasteiger partial charge in [-0.3, -0.25) is 0 Å². The molecular weight excluding hydrogens is 308 g/mol. The van der Waals surface area contributed by atoms with Gasteiger partial charge in [0.1, 0.15) is 0 Å². The number of hydrogen-bond acceptors (Lipinski definition) is 3. The summed E-state index contributed by atoms with van der Waals surface area (Å²) in [4.78, 5) is 2.62. The van der Waals surface area contributed by atoms with Crippen LogP contribution in [0.2, 0.25) is 0 Å². The van der Waals surface area contributed by atoms with Crippen molar-refractivity contribution in [3.8, 4) is 0 Å². The molecule has 0 spiro atoms. The summed E-state index contributed by atoms with van der Waals surface area (Å²) in [6.45, 7) is 5.32. The fourth-order valence-corrected chi connectivity index (χ4v) is 3.89. The molecule has 1 heterocycles. The molecule has 1 aliphatic heterocycles. The molecule has 25 heavy (non-hydrogen) atoms. The molecule has 3 rings (SSSR count). The van der Waals surface area contributed by atoms with Crippen LogP contribution < -0.4 is 5.32 Å². The highest BCUT2D eigenvalue weighted by Crippen LogP contribution is 2.29. The van der Waals surface area contributed by atoms with E-state index in [-0.39, 0.29) is 5.54 Å². The minimum Gasteiger partial charge on any atom is -0.382 e. The Bertz CT molecular complexity index is 621. The molecule has 0 aromatic heterocycles. The molecule has 2 aromatic rings. The van der Waals surface area contributed by atoms with Gasteiger partial charge in [0.25, 0.3) is 0 Å². The van der Waals surface area contributed by atoms with Crippen LogP contribution in [-0.2, 0) is 11.2 Å². The number of rotatable bonds is 7. The summed E-state index contributed by atoms with van der Waals surface area (Å²) >= 11 is 0. The normalized spacial score (nSPS) is 18.6. The first-order valence-corrected chi connectivity index (χ1v) is 9.31. The lowest BCUT2D eigenvalue weighted by Gasteiger charge is -2.44. The van der Waals surface area contributed by atoms with Crippen LogP contribution in [0.4, 0.5) is 5.69 Å². The van der Waals surface area contributed by atoms with Gasteiger partial charge in [-0.15, -0.1) is 0 Å². The van der Waals surface area contributed by atoms with Crippen molar-refractivity contribution in [2.24, 2.45) is 0 Å².